The molecule has 0 fully saturated rings. The highest BCUT2D eigenvalue weighted by Gasteiger charge is 2.14. The number of nitrogens with zero attached hydrogens (tertiary/aromatic N) is 1. The zero-order valence-electron chi connectivity index (χ0n) is 10.4. The molecule has 16 heavy (non-hydrogen) atoms. The molecule has 0 N–H and O–H groups in total. The molecule has 0 spiro atoms. The van der Waals surface area contributed by atoms with E-state index in [4.69, 9.17) is 10.00 Å². The van der Waals surface area contributed by atoms with E-state index in [2.05, 4.69) is 32.9 Å². The third-order valence-electron chi connectivity index (χ3n) is 2.42. The summed E-state index contributed by atoms with van der Waals surface area (Å²) in [5, 5.41) is 8.67. The van der Waals surface area contributed by atoms with E-state index in [0.717, 1.165) is 5.75 Å². The van der Waals surface area contributed by atoms with Gasteiger partial charge in [-0.05, 0) is 30.0 Å². The molecule has 1 aromatic carbocycles. The summed E-state index contributed by atoms with van der Waals surface area (Å²) in [4.78, 5) is 0. The summed E-state index contributed by atoms with van der Waals surface area (Å²) in [6.07, 6.45) is 0. The lowest BCUT2D eigenvalue weighted by atomic mass is 9.87. The Balaban J connectivity index is 2.73. The van der Waals surface area contributed by atoms with Crippen LogP contribution >= 0.6 is 0 Å². The van der Waals surface area contributed by atoms with Crippen LogP contribution < -0.4 is 4.74 Å². The molecular formula is C14H19NO. The molecule has 1 unspecified atom stereocenters. The number of hydrogen-bond donors (Lipinski definition) is 0. The minimum atomic E-state index is -0.0710. The van der Waals surface area contributed by atoms with Crippen molar-refractivity contribution in [3.63, 3.8) is 0 Å². The van der Waals surface area contributed by atoms with Gasteiger partial charge in [0.1, 0.15) is 12.4 Å². The van der Waals surface area contributed by atoms with Gasteiger partial charge in [-0.25, -0.2) is 0 Å². The number of benzene rings is 1. The third kappa shape index (κ3) is 3.58. The van der Waals surface area contributed by atoms with E-state index in [1.54, 1.807) is 0 Å². The van der Waals surface area contributed by atoms with E-state index in [1.807, 2.05) is 25.1 Å². The van der Waals surface area contributed by atoms with Crippen molar-refractivity contribution in [1.82, 2.24) is 0 Å². The molecule has 0 aliphatic rings. The summed E-state index contributed by atoms with van der Waals surface area (Å²) < 4.78 is 5.57. The molecule has 2 nitrogen and oxygen atoms in total. The van der Waals surface area contributed by atoms with Gasteiger partial charge in [0, 0.05) is 0 Å². The van der Waals surface area contributed by atoms with Crippen molar-refractivity contribution in [2.45, 2.75) is 33.1 Å². The normalized spacial score (nSPS) is 12.9. The molecule has 0 aliphatic heterocycles. The lowest BCUT2D eigenvalue weighted by Gasteiger charge is -2.19. The van der Waals surface area contributed by atoms with Crippen LogP contribution in [0.3, 0.4) is 0 Å². The second-order valence-corrected chi connectivity index (χ2v) is 5.12. The van der Waals surface area contributed by atoms with Crippen LogP contribution in [0.4, 0.5) is 0 Å². The average Bonchev–Trinajstić information content (AvgIpc) is 2.25. The van der Waals surface area contributed by atoms with Crippen LogP contribution in [-0.2, 0) is 5.41 Å². The topological polar surface area (TPSA) is 33.0 Å². The molecule has 0 amide bonds. The Kier molecular flexibility index (Phi) is 3.95. The summed E-state index contributed by atoms with van der Waals surface area (Å²) >= 11 is 0. The van der Waals surface area contributed by atoms with Crippen LogP contribution in [0.1, 0.15) is 33.3 Å². The van der Waals surface area contributed by atoms with E-state index >= 15 is 0 Å². The first-order chi connectivity index (χ1) is 7.43. The highest BCUT2D eigenvalue weighted by Crippen LogP contribution is 2.25. The quantitative estimate of drug-likeness (QED) is 0.776. The van der Waals surface area contributed by atoms with Gasteiger partial charge in [-0.15, -0.1) is 0 Å². The summed E-state index contributed by atoms with van der Waals surface area (Å²) in [5.74, 6) is 0.771. The van der Waals surface area contributed by atoms with E-state index in [0.29, 0.717) is 6.61 Å². The first kappa shape index (κ1) is 12.6. The van der Waals surface area contributed by atoms with Gasteiger partial charge in [0.25, 0.3) is 0 Å². The largest absolute Gasteiger partial charge is 0.492 e. The third-order valence-corrected chi connectivity index (χ3v) is 2.42. The Morgan fingerprint density at radius 3 is 2.62 bits per heavy atom. The van der Waals surface area contributed by atoms with Gasteiger partial charge in [0.2, 0.25) is 0 Å². The number of hydrogen-bond acceptors (Lipinski definition) is 2. The van der Waals surface area contributed by atoms with Crippen LogP contribution in [0.25, 0.3) is 0 Å². The van der Waals surface area contributed by atoms with Crippen LogP contribution in [0.2, 0.25) is 0 Å². The van der Waals surface area contributed by atoms with Crippen molar-refractivity contribution in [3.05, 3.63) is 29.8 Å². The molecule has 1 atom stereocenters. The maximum atomic E-state index is 8.67. The maximum Gasteiger partial charge on any atom is 0.119 e. The fourth-order valence-corrected chi connectivity index (χ4v) is 1.31. The van der Waals surface area contributed by atoms with Gasteiger partial charge in [-0.1, -0.05) is 32.9 Å². The van der Waals surface area contributed by atoms with E-state index in [-0.39, 0.29) is 11.3 Å². The first-order valence-electron chi connectivity index (χ1n) is 5.56. The monoisotopic (exact) mass is 217 g/mol. The Hall–Kier alpha value is -1.49. The highest BCUT2D eigenvalue weighted by atomic mass is 16.5. The van der Waals surface area contributed by atoms with Crippen LogP contribution in [-0.4, -0.2) is 6.61 Å². The van der Waals surface area contributed by atoms with Crippen molar-refractivity contribution >= 4 is 0 Å². The molecular weight excluding hydrogens is 198 g/mol. The first-order valence-corrected chi connectivity index (χ1v) is 5.56. The van der Waals surface area contributed by atoms with Gasteiger partial charge in [0.15, 0.2) is 0 Å². The Morgan fingerprint density at radius 1 is 1.38 bits per heavy atom. The molecule has 0 saturated carbocycles. The minimum absolute atomic E-state index is 0.0710. The van der Waals surface area contributed by atoms with Crippen molar-refractivity contribution < 1.29 is 4.74 Å². The van der Waals surface area contributed by atoms with Crippen molar-refractivity contribution in [1.29, 1.82) is 5.26 Å². The summed E-state index contributed by atoms with van der Waals surface area (Å²) in [6, 6.07) is 10.2. The lowest BCUT2D eigenvalue weighted by molar-refractivity contribution is 0.287. The highest BCUT2D eigenvalue weighted by molar-refractivity contribution is 5.32. The molecule has 2 heteroatoms. The van der Waals surface area contributed by atoms with Gasteiger partial charge in [-0.2, -0.15) is 5.26 Å². The SMILES string of the molecule is CC(C#N)COc1cccc(C(C)(C)C)c1. The predicted molar refractivity (Wildman–Crippen MR) is 65.4 cm³/mol. The van der Waals surface area contributed by atoms with Gasteiger partial charge in [0.05, 0.1) is 12.0 Å². The average molecular weight is 217 g/mol. The molecule has 0 bridgehead atoms. The summed E-state index contributed by atoms with van der Waals surface area (Å²) in [6.45, 7) is 8.82. The smallest absolute Gasteiger partial charge is 0.119 e. The van der Waals surface area contributed by atoms with E-state index < -0.39 is 0 Å². The molecule has 0 aromatic heterocycles. The molecule has 0 saturated heterocycles. The second kappa shape index (κ2) is 5.03. The zero-order valence-corrected chi connectivity index (χ0v) is 10.4. The number of ether oxygens (including phenoxy) is 1. The fraction of sp³-hybridized carbons (Fsp3) is 0.500. The fourth-order valence-electron chi connectivity index (χ4n) is 1.31. The van der Waals surface area contributed by atoms with Crippen molar-refractivity contribution in [3.8, 4) is 11.8 Å². The Morgan fingerprint density at radius 2 is 2.06 bits per heavy atom. The molecule has 0 aliphatic carbocycles. The molecule has 86 valence electrons. The minimum Gasteiger partial charge on any atom is -0.492 e. The second-order valence-electron chi connectivity index (χ2n) is 5.12. The Bertz CT molecular complexity index is 384. The maximum absolute atomic E-state index is 8.67. The van der Waals surface area contributed by atoms with Gasteiger partial charge < -0.3 is 4.74 Å². The number of rotatable bonds is 3. The Labute approximate surface area is 97.9 Å². The van der Waals surface area contributed by atoms with Crippen molar-refractivity contribution in [2.75, 3.05) is 6.61 Å². The van der Waals surface area contributed by atoms with Crippen molar-refractivity contribution in [2.24, 2.45) is 5.92 Å². The molecule has 0 heterocycles. The van der Waals surface area contributed by atoms with Crippen LogP contribution in [0.5, 0.6) is 5.75 Å². The summed E-state index contributed by atoms with van der Waals surface area (Å²) in [5.41, 5.74) is 1.37. The lowest BCUT2D eigenvalue weighted by Crippen LogP contribution is -2.12. The summed E-state index contributed by atoms with van der Waals surface area (Å²) in [7, 11) is 0. The zero-order chi connectivity index (χ0) is 12.2. The number of nitriles is 1. The molecule has 0 radical (unpaired) electrons. The van der Waals surface area contributed by atoms with Gasteiger partial charge >= 0.3 is 0 Å². The van der Waals surface area contributed by atoms with E-state index in [9.17, 15) is 0 Å². The predicted octanol–water partition coefficient (Wildman–Crippen LogP) is 3.52. The van der Waals surface area contributed by atoms with Crippen LogP contribution in [0, 0.1) is 17.2 Å². The van der Waals surface area contributed by atoms with Gasteiger partial charge in [-0.3, -0.25) is 0 Å². The van der Waals surface area contributed by atoms with E-state index in [1.165, 1.54) is 5.56 Å². The standard InChI is InChI=1S/C14H19NO/c1-11(9-15)10-16-13-7-5-6-12(8-13)14(2,3)4/h5-8,11H,10H2,1-4H3. The molecule has 1 rings (SSSR count). The molecule has 1 aromatic rings. The van der Waals surface area contributed by atoms with Crippen LogP contribution in [0.15, 0.2) is 24.3 Å².